The van der Waals surface area contributed by atoms with E-state index in [2.05, 4.69) is 10.4 Å². The number of aromatic nitrogens is 2. The molecule has 0 spiro atoms. The van der Waals surface area contributed by atoms with Gasteiger partial charge in [0, 0.05) is 0 Å². The van der Waals surface area contributed by atoms with Crippen molar-refractivity contribution in [3.05, 3.63) is 47.3 Å². The van der Waals surface area contributed by atoms with Crippen LogP contribution in [0.2, 0.25) is 0 Å². The molecule has 2 N–H and O–H groups in total. The van der Waals surface area contributed by atoms with E-state index < -0.39 is 24.6 Å². The Bertz CT molecular complexity index is 698. The number of alkyl halides is 1. The number of benzene rings is 1. The number of carbonyl (C=O) groups is 2. The number of para-hydroxylation sites is 1. The van der Waals surface area contributed by atoms with Gasteiger partial charge in [-0.15, -0.1) is 0 Å². The summed E-state index contributed by atoms with van der Waals surface area (Å²) in [5.41, 5.74) is 2.04. The summed E-state index contributed by atoms with van der Waals surface area (Å²) in [6.07, 6.45) is 0. The first-order valence-corrected chi connectivity index (χ1v) is 6.67. The van der Waals surface area contributed by atoms with Crippen molar-refractivity contribution in [2.75, 3.05) is 6.67 Å². The molecule has 0 aliphatic heterocycles. The number of hydrogen-bond acceptors (Lipinski definition) is 3. The van der Waals surface area contributed by atoms with Crippen molar-refractivity contribution >= 4 is 11.9 Å². The fraction of sp³-hybridized carbons (Fsp3) is 0.267. The Kier molecular flexibility index (Phi) is 4.55. The molecule has 0 saturated heterocycles. The van der Waals surface area contributed by atoms with E-state index in [9.17, 15) is 14.0 Å². The van der Waals surface area contributed by atoms with Gasteiger partial charge in [-0.3, -0.25) is 4.79 Å². The molecule has 0 bridgehead atoms. The highest BCUT2D eigenvalue weighted by Crippen LogP contribution is 2.17. The quantitative estimate of drug-likeness (QED) is 0.879. The van der Waals surface area contributed by atoms with Gasteiger partial charge in [0.1, 0.15) is 6.67 Å². The molecule has 2 aromatic rings. The molecule has 1 aromatic carbocycles. The van der Waals surface area contributed by atoms with Crippen molar-refractivity contribution in [2.24, 2.45) is 0 Å². The number of amides is 1. The number of aryl methyl sites for hydroxylation is 1. The standard InChI is InChI=1S/C15H16FN3O3/c1-9-13(14(20)17-12(8-16)15(21)22)10(2)19(18-9)11-6-4-3-5-7-11/h3-7,12H,8H2,1-2H3,(H,17,20)(H,21,22). The summed E-state index contributed by atoms with van der Waals surface area (Å²) in [7, 11) is 0. The number of carbonyl (C=O) groups excluding carboxylic acids is 1. The third-order valence-corrected chi connectivity index (χ3v) is 3.28. The van der Waals surface area contributed by atoms with Gasteiger partial charge in [-0.25, -0.2) is 13.9 Å². The minimum absolute atomic E-state index is 0.253. The molecule has 1 atom stereocenters. The Balaban J connectivity index is 2.35. The Morgan fingerprint density at radius 3 is 2.50 bits per heavy atom. The van der Waals surface area contributed by atoms with Gasteiger partial charge in [0.25, 0.3) is 5.91 Å². The Labute approximate surface area is 126 Å². The first-order valence-electron chi connectivity index (χ1n) is 6.67. The van der Waals surface area contributed by atoms with Crippen molar-refractivity contribution in [3.8, 4) is 5.69 Å². The highest BCUT2D eigenvalue weighted by Gasteiger charge is 2.25. The second-order valence-corrected chi connectivity index (χ2v) is 4.81. The lowest BCUT2D eigenvalue weighted by atomic mass is 10.1. The average molecular weight is 305 g/mol. The zero-order valence-corrected chi connectivity index (χ0v) is 12.2. The number of halogens is 1. The first-order chi connectivity index (χ1) is 10.5. The average Bonchev–Trinajstić information content (AvgIpc) is 2.80. The van der Waals surface area contributed by atoms with Crippen molar-refractivity contribution in [1.29, 1.82) is 0 Å². The minimum atomic E-state index is -1.56. The van der Waals surface area contributed by atoms with E-state index in [1.54, 1.807) is 18.5 Å². The van der Waals surface area contributed by atoms with Gasteiger partial charge >= 0.3 is 5.97 Å². The Morgan fingerprint density at radius 1 is 1.32 bits per heavy atom. The number of rotatable bonds is 5. The zero-order valence-electron chi connectivity index (χ0n) is 12.2. The molecular formula is C15H16FN3O3. The molecule has 0 fully saturated rings. The van der Waals surface area contributed by atoms with E-state index in [1.807, 2.05) is 30.3 Å². The number of carboxylic acids is 1. The molecule has 6 nitrogen and oxygen atoms in total. The van der Waals surface area contributed by atoms with Gasteiger partial charge in [0.2, 0.25) is 0 Å². The molecule has 1 unspecified atom stereocenters. The van der Waals surface area contributed by atoms with E-state index in [0.29, 0.717) is 11.4 Å². The molecule has 7 heteroatoms. The van der Waals surface area contributed by atoms with Crippen molar-refractivity contribution < 1.29 is 19.1 Å². The van der Waals surface area contributed by atoms with Crippen molar-refractivity contribution in [1.82, 2.24) is 15.1 Å². The fourth-order valence-electron chi connectivity index (χ4n) is 2.19. The Morgan fingerprint density at radius 2 is 1.95 bits per heavy atom. The van der Waals surface area contributed by atoms with Crippen LogP contribution in [-0.2, 0) is 4.79 Å². The molecule has 0 saturated carbocycles. The van der Waals surface area contributed by atoms with Crippen LogP contribution in [0.3, 0.4) is 0 Å². The lowest BCUT2D eigenvalue weighted by Gasteiger charge is -2.11. The lowest BCUT2D eigenvalue weighted by Crippen LogP contribution is -2.42. The zero-order chi connectivity index (χ0) is 16.3. The predicted octanol–water partition coefficient (Wildman–Crippen LogP) is 1.64. The monoisotopic (exact) mass is 305 g/mol. The van der Waals surface area contributed by atoms with Gasteiger partial charge in [0.15, 0.2) is 6.04 Å². The van der Waals surface area contributed by atoms with E-state index in [-0.39, 0.29) is 5.56 Å². The highest BCUT2D eigenvalue weighted by atomic mass is 19.1. The van der Waals surface area contributed by atoms with E-state index in [0.717, 1.165) is 5.69 Å². The van der Waals surface area contributed by atoms with Crippen LogP contribution >= 0.6 is 0 Å². The van der Waals surface area contributed by atoms with Gasteiger partial charge < -0.3 is 10.4 Å². The van der Waals surface area contributed by atoms with E-state index in [4.69, 9.17) is 5.11 Å². The molecule has 2 rings (SSSR count). The highest BCUT2D eigenvalue weighted by molar-refractivity contribution is 5.98. The van der Waals surface area contributed by atoms with Crippen LogP contribution in [0.5, 0.6) is 0 Å². The van der Waals surface area contributed by atoms with Crippen molar-refractivity contribution in [3.63, 3.8) is 0 Å². The molecule has 1 aromatic heterocycles. The summed E-state index contributed by atoms with van der Waals surface area (Å²) in [5, 5.41) is 15.3. The van der Waals surface area contributed by atoms with E-state index in [1.165, 1.54) is 0 Å². The SMILES string of the molecule is Cc1nn(-c2ccccc2)c(C)c1C(=O)NC(CF)C(=O)O. The summed E-state index contributed by atoms with van der Waals surface area (Å²) >= 11 is 0. The maximum Gasteiger partial charge on any atom is 0.328 e. The van der Waals surface area contributed by atoms with Crippen LogP contribution in [0.4, 0.5) is 4.39 Å². The summed E-state index contributed by atoms with van der Waals surface area (Å²) in [6.45, 7) is 2.17. The third-order valence-electron chi connectivity index (χ3n) is 3.28. The van der Waals surface area contributed by atoms with Crippen LogP contribution in [0.15, 0.2) is 30.3 Å². The molecule has 0 radical (unpaired) electrons. The van der Waals surface area contributed by atoms with Gasteiger partial charge in [0.05, 0.1) is 22.6 Å². The molecule has 116 valence electrons. The predicted molar refractivity (Wildman–Crippen MR) is 77.9 cm³/mol. The fourth-order valence-corrected chi connectivity index (χ4v) is 2.19. The summed E-state index contributed by atoms with van der Waals surface area (Å²) in [4.78, 5) is 23.0. The normalized spacial score (nSPS) is 12.0. The third kappa shape index (κ3) is 2.98. The maximum absolute atomic E-state index is 12.6. The largest absolute Gasteiger partial charge is 0.480 e. The van der Waals surface area contributed by atoms with Crippen LogP contribution in [-0.4, -0.2) is 39.5 Å². The number of aliphatic carboxylic acids is 1. The topological polar surface area (TPSA) is 84.2 Å². The molecule has 1 amide bonds. The smallest absolute Gasteiger partial charge is 0.328 e. The second kappa shape index (κ2) is 6.38. The second-order valence-electron chi connectivity index (χ2n) is 4.81. The van der Waals surface area contributed by atoms with Crippen molar-refractivity contribution in [2.45, 2.75) is 19.9 Å². The molecule has 1 heterocycles. The minimum Gasteiger partial charge on any atom is -0.480 e. The van der Waals surface area contributed by atoms with Gasteiger partial charge in [-0.1, -0.05) is 18.2 Å². The van der Waals surface area contributed by atoms with Gasteiger partial charge in [-0.2, -0.15) is 5.10 Å². The summed E-state index contributed by atoms with van der Waals surface area (Å²) in [5.74, 6) is -2.07. The Hall–Kier alpha value is -2.70. The molecule has 22 heavy (non-hydrogen) atoms. The summed E-state index contributed by atoms with van der Waals surface area (Å²) < 4.78 is 14.2. The molecular weight excluding hydrogens is 289 g/mol. The molecule has 0 aliphatic rings. The van der Waals surface area contributed by atoms with E-state index >= 15 is 0 Å². The van der Waals surface area contributed by atoms with Crippen LogP contribution in [0.1, 0.15) is 21.7 Å². The number of hydrogen-bond donors (Lipinski definition) is 2. The number of nitrogens with one attached hydrogen (secondary N) is 1. The molecule has 0 aliphatic carbocycles. The number of carboxylic acid groups (broad SMARTS) is 1. The summed E-state index contributed by atoms with van der Waals surface area (Å²) in [6, 6.07) is 7.66. The lowest BCUT2D eigenvalue weighted by molar-refractivity contribution is -0.139. The van der Waals surface area contributed by atoms with Crippen LogP contribution in [0.25, 0.3) is 5.69 Å². The first kappa shape index (κ1) is 15.7. The van der Waals surface area contributed by atoms with Crippen LogP contribution < -0.4 is 5.32 Å². The number of nitrogens with zero attached hydrogens (tertiary/aromatic N) is 2. The maximum atomic E-state index is 12.6. The van der Waals surface area contributed by atoms with Crippen LogP contribution in [0, 0.1) is 13.8 Å². The van der Waals surface area contributed by atoms with Gasteiger partial charge in [-0.05, 0) is 26.0 Å².